The Labute approximate surface area is 102 Å². The van der Waals surface area contributed by atoms with E-state index in [0.29, 0.717) is 30.2 Å². The van der Waals surface area contributed by atoms with Crippen molar-refractivity contribution in [3.63, 3.8) is 0 Å². The largest absolute Gasteiger partial charge is 0.497 e. The Bertz CT molecular complexity index is 422. The highest BCUT2D eigenvalue weighted by Gasteiger charge is 2.16. The molecule has 17 heavy (non-hydrogen) atoms. The molecule has 0 aromatic heterocycles. The Morgan fingerprint density at radius 1 is 1.41 bits per heavy atom. The van der Waals surface area contributed by atoms with Gasteiger partial charge in [0, 0.05) is 6.07 Å². The number of benzene rings is 1. The fourth-order valence-electron chi connectivity index (χ4n) is 1.26. The van der Waals surface area contributed by atoms with Gasteiger partial charge in [-0.15, -0.1) is 0 Å². The number of nitriles is 1. The van der Waals surface area contributed by atoms with E-state index in [1.807, 2.05) is 13.8 Å². The average molecular weight is 234 g/mol. The molecule has 0 atom stereocenters. The number of ether oxygens (including phenoxy) is 2. The topological polar surface area (TPSA) is 68.3 Å². The zero-order chi connectivity index (χ0) is 12.9. The van der Waals surface area contributed by atoms with E-state index in [9.17, 15) is 0 Å². The van der Waals surface area contributed by atoms with Crippen LogP contribution in [0, 0.1) is 16.7 Å². The van der Waals surface area contributed by atoms with E-state index in [4.69, 9.17) is 20.5 Å². The van der Waals surface area contributed by atoms with Crippen molar-refractivity contribution in [2.24, 2.45) is 5.41 Å². The predicted molar refractivity (Wildman–Crippen MR) is 66.9 cm³/mol. The van der Waals surface area contributed by atoms with Gasteiger partial charge in [0.2, 0.25) is 0 Å². The summed E-state index contributed by atoms with van der Waals surface area (Å²) in [6.07, 6.45) is 0.662. The first-order chi connectivity index (χ1) is 7.98. The lowest BCUT2D eigenvalue weighted by molar-refractivity contribution is 0.265. The lowest BCUT2D eigenvalue weighted by Crippen LogP contribution is -2.13. The highest BCUT2D eigenvalue weighted by atomic mass is 16.5. The smallest absolute Gasteiger partial charge is 0.142 e. The molecule has 0 aliphatic rings. The lowest BCUT2D eigenvalue weighted by Gasteiger charge is -2.16. The molecule has 0 spiro atoms. The second-order valence-electron chi connectivity index (χ2n) is 4.50. The van der Waals surface area contributed by atoms with Crippen LogP contribution in [-0.4, -0.2) is 13.7 Å². The quantitative estimate of drug-likeness (QED) is 0.795. The number of methoxy groups -OCH3 is 1. The van der Waals surface area contributed by atoms with Crippen molar-refractivity contribution in [1.82, 2.24) is 0 Å². The summed E-state index contributed by atoms with van der Waals surface area (Å²) < 4.78 is 10.6. The molecule has 0 bridgehead atoms. The minimum atomic E-state index is -0.374. The number of anilines is 1. The lowest BCUT2D eigenvalue weighted by atomic mass is 9.92. The van der Waals surface area contributed by atoms with Crippen LogP contribution in [0.2, 0.25) is 0 Å². The maximum Gasteiger partial charge on any atom is 0.142 e. The summed E-state index contributed by atoms with van der Waals surface area (Å²) in [7, 11) is 1.59. The highest BCUT2D eigenvalue weighted by molar-refractivity contribution is 5.56. The second-order valence-corrected chi connectivity index (χ2v) is 4.50. The van der Waals surface area contributed by atoms with Crippen LogP contribution in [0.1, 0.15) is 20.3 Å². The molecule has 0 aliphatic carbocycles. The van der Waals surface area contributed by atoms with Crippen LogP contribution < -0.4 is 15.2 Å². The Morgan fingerprint density at radius 3 is 2.65 bits per heavy atom. The van der Waals surface area contributed by atoms with Crippen molar-refractivity contribution < 1.29 is 9.47 Å². The maximum atomic E-state index is 8.87. The van der Waals surface area contributed by atoms with Crippen molar-refractivity contribution in [2.75, 3.05) is 19.5 Å². The van der Waals surface area contributed by atoms with E-state index in [-0.39, 0.29) is 5.41 Å². The molecule has 4 nitrogen and oxygen atoms in total. The zero-order valence-corrected chi connectivity index (χ0v) is 10.5. The summed E-state index contributed by atoms with van der Waals surface area (Å²) >= 11 is 0. The maximum absolute atomic E-state index is 8.87. The molecular formula is C13H18N2O2. The molecule has 0 fully saturated rings. The molecule has 0 radical (unpaired) electrons. The van der Waals surface area contributed by atoms with E-state index in [1.54, 1.807) is 25.3 Å². The SMILES string of the molecule is COc1ccc(OCCC(C)(C)C#N)c(N)c1. The predicted octanol–water partition coefficient (Wildman–Crippen LogP) is 2.60. The van der Waals surface area contributed by atoms with Gasteiger partial charge in [-0.2, -0.15) is 5.26 Å². The molecule has 0 saturated heterocycles. The van der Waals surface area contributed by atoms with E-state index >= 15 is 0 Å². The summed E-state index contributed by atoms with van der Waals surface area (Å²) in [6.45, 7) is 4.23. The molecule has 0 heterocycles. The summed E-state index contributed by atoms with van der Waals surface area (Å²) in [5.41, 5.74) is 5.98. The van der Waals surface area contributed by atoms with Gasteiger partial charge in [-0.25, -0.2) is 0 Å². The van der Waals surface area contributed by atoms with Gasteiger partial charge in [0.25, 0.3) is 0 Å². The van der Waals surface area contributed by atoms with Gasteiger partial charge in [0.15, 0.2) is 0 Å². The van der Waals surface area contributed by atoms with Gasteiger partial charge in [0.1, 0.15) is 11.5 Å². The average Bonchev–Trinajstić information content (AvgIpc) is 2.31. The normalized spacial score (nSPS) is 10.7. The fourth-order valence-corrected chi connectivity index (χ4v) is 1.26. The van der Waals surface area contributed by atoms with Crippen LogP contribution in [0.15, 0.2) is 18.2 Å². The van der Waals surface area contributed by atoms with Gasteiger partial charge in [-0.3, -0.25) is 0 Å². The molecule has 1 aromatic rings. The van der Waals surface area contributed by atoms with Crippen LogP contribution in [0.3, 0.4) is 0 Å². The molecule has 2 N–H and O–H groups in total. The van der Waals surface area contributed by atoms with Gasteiger partial charge < -0.3 is 15.2 Å². The summed E-state index contributed by atoms with van der Waals surface area (Å²) in [6, 6.07) is 7.51. The first kappa shape index (κ1) is 13.2. The number of nitrogens with two attached hydrogens (primary N) is 1. The molecule has 4 heteroatoms. The number of nitrogen functional groups attached to an aromatic ring is 1. The van der Waals surface area contributed by atoms with Crippen LogP contribution >= 0.6 is 0 Å². The molecule has 0 saturated carbocycles. The van der Waals surface area contributed by atoms with Crippen molar-refractivity contribution in [3.05, 3.63) is 18.2 Å². The number of hydrogen-bond acceptors (Lipinski definition) is 4. The second kappa shape index (κ2) is 5.44. The number of hydrogen-bond donors (Lipinski definition) is 1. The summed E-state index contributed by atoms with van der Waals surface area (Å²) in [5, 5.41) is 8.87. The minimum absolute atomic E-state index is 0.374. The molecule has 0 aliphatic heterocycles. The van der Waals surface area contributed by atoms with Crippen LogP contribution in [-0.2, 0) is 0 Å². The van der Waals surface area contributed by atoms with E-state index < -0.39 is 0 Å². The molecular weight excluding hydrogens is 216 g/mol. The first-order valence-electron chi connectivity index (χ1n) is 5.46. The molecule has 1 aromatic carbocycles. The van der Waals surface area contributed by atoms with Crippen LogP contribution in [0.4, 0.5) is 5.69 Å². The Balaban J connectivity index is 2.56. The summed E-state index contributed by atoms with van der Waals surface area (Å²) in [5.74, 6) is 1.33. The molecule has 92 valence electrons. The van der Waals surface area contributed by atoms with Crippen LogP contribution in [0.5, 0.6) is 11.5 Å². The third-order valence-electron chi connectivity index (χ3n) is 2.50. The zero-order valence-electron chi connectivity index (χ0n) is 10.5. The number of rotatable bonds is 5. The van der Waals surface area contributed by atoms with Gasteiger partial charge in [-0.05, 0) is 32.4 Å². The van der Waals surface area contributed by atoms with E-state index in [0.717, 1.165) is 0 Å². The van der Waals surface area contributed by atoms with E-state index in [1.165, 1.54) is 0 Å². The standard InChI is InChI=1S/C13H18N2O2/c1-13(2,9-14)6-7-17-12-5-4-10(16-3)8-11(12)15/h4-5,8H,6-7,15H2,1-3H3. The van der Waals surface area contributed by atoms with Crippen molar-refractivity contribution in [3.8, 4) is 17.6 Å². The van der Waals surface area contributed by atoms with E-state index in [2.05, 4.69) is 6.07 Å². The van der Waals surface area contributed by atoms with Crippen molar-refractivity contribution in [2.45, 2.75) is 20.3 Å². The molecule has 1 rings (SSSR count). The number of nitrogens with zero attached hydrogens (tertiary/aromatic N) is 1. The minimum Gasteiger partial charge on any atom is -0.497 e. The molecule has 0 amide bonds. The third-order valence-corrected chi connectivity index (χ3v) is 2.50. The Morgan fingerprint density at radius 2 is 2.12 bits per heavy atom. The fraction of sp³-hybridized carbons (Fsp3) is 0.462. The van der Waals surface area contributed by atoms with Crippen molar-refractivity contribution >= 4 is 5.69 Å². The Hall–Kier alpha value is -1.89. The third kappa shape index (κ3) is 3.87. The van der Waals surface area contributed by atoms with Gasteiger partial charge in [0.05, 0.1) is 30.9 Å². The first-order valence-corrected chi connectivity index (χ1v) is 5.46. The summed E-state index contributed by atoms with van der Waals surface area (Å²) in [4.78, 5) is 0. The molecule has 0 unspecified atom stereocenters. The Kier molecular flexibility index (Phi) is 4.22. The monoisotopic (exact) mass is 234 g/mol. The van der Waals surface area contributed by atoms with Gasteiger partial charge >= 0.3 is 0 Å². The highest BCUT2D eigenvalue weighted by Crippen LogP contribution is 2.27. The van der Waals surface area contributed by atoms with Crippen LogP contribution in [0.25, 0.3) is 0 Å². The van der Waals surface area contributed by atoms with Gasteiger partial charge in [-0.1, -0.05) is 0 Å². The van der Waals surface area contributed by atoms with Crippen molar-refractivity contribution in [1.29, 1.82) is 5.26 Å².